The van der Waals surface area contributed by atoms with E-state index in [0.29, 0.717) is 6.42 Å². The minimum atomic E-state index is -1.02. The molecule has 1 N–H and O–H groups in total. The lowest BCUT2D eigenvalue weighted by Crippen LogP contribution is -2.35. The van der Waals surface area contributed by atoms with E-state index in [-0.39, 0.29) is 13.2 Å². The van der Waals surface area contributed by atoms with Gasteiger partial charge in [0.25, 0.3) is 0 Å². The summed E-state index contributed by atoms with van der Waals surface area (Å²) in [6, 6.07) is 19.0. The SMILES string of the molecule is O=C(/C=C/c1ccccc1)OC[C@](Cl)(CO)Cc1ccccc1. The Hall–Kier alpha value is -2.10. The molecule has 23 heavy (non-hydrogen) atoms. The predicted octanol–water partition coefficient (Wildman–Crippen LogP) is 3.46. The van der Waals surface area contributed by atoms with Gasteiger partial charge in [0.2, 0.25) is 0 Å². The van der Waals surface area contributed by atoms with Gasteiger partial charge in [0.1, 0.15) is 11.5 Å². The fraction of sp³-hybridized carbons (Fsp3) is 0.211. The summed E-state index contributed by atoms with van der Waals surface area (Å²) in [5.74, 6) is -0.486. The molecule has 0 saturated heterocycles. The quantitative estimate of drug-likeness (QED) is 0.480. The molecule has 0 bridgehead atoms. The number of carbonyl (C=O) groups excluding carboxylic acids is 1. The molecule has 3 nitrogen and oxygen atoms in total. The number of esters is 1. The van der Waals surface area contributed by atoms with Crippen molar-refractivity contribution in [3.8, 4) is 0 Å². The minimum Gasteiger partial charge on any atom is -0.461 e. The first-order chi connectivity index (χ1) is 11.1. The second kappa shape index (κ2) is 8.51. The molecule has 0 aliphatic rings. The summed E-state index contributed by atoms with van der Waals surface area (Å²) in [4.78, 5) is 10.8. The molecule has 0 heterocycles. The number of alkyl halides is 1. The Morgan fingerprint density at radius 2 is 1.70 bits per heavy atom. The van der Waals surface area contributed by atoms with Gasteiger partial charge in [-0.1, -0.05) is 60.7 Å². The monoisotopic (exact) mass is 330 g/mol. The molecule has 2 aromatic carbocycles. The summed E-state index contributed by atoms with van der Waals surface area (Å²) in [6.07, 6.45) is 3.45. The Labute approximate surface area is 141 Å². The molecule has 2 rings (SSSR count). The maximum absolute atomic E-state index is 11.8. The third kappa shape index (κ3) is 5.89. The van der Waals surface area contributed by atoms with Crippen molar-refractivity contribution >= 4 is 23.6 Å². The molecule has 0 radical (unpaired) electrons. The number of halogens is 1. The van der Waals surface area contributed by atoms with Gasteiger partial charge in [-0.15, -0.1) is 11.6 Å². The number of hydrogen-bond donors (Lipinski definition) is 1. The highest BCUT2D eigenvalue weighted by Gasteiger charge is 2.28. The molecule has 0 aliphatic carbocycles. The van der Waals surface area contributed by atoms with Crippen molar-refractivity contribution < 1.29 is 14.6 Å². The van der Waals surface area contributed by atoms with Crippen LogP contribution in [0.1, 0.15) is 11.1 Å². The highest BCUT2D eigenvalue weighted by atomic mass is 35.5. The zero-order valence-corrected chi connectivity index (χ0v) is 13.4. The Bertz CT molecular complexity index is 640. The van der Waals surface area contributed by atoms with Gasteiger partial charge >= 0.3 is 5.97 Å². The average Bonchev–Trinajstić information content (AvgIpc) is 2.60. The lowest BCUT2D eigenvalue weighted by molar-refractivity contribution is -0.138. The first kappa shape index (κ1) is 17.3. The molecule has 1 atom stereocenters. The van der Waals surface area contributed by atoms with Crippen LogP contribution in [0.5, 0.6) is 0 Å². The van der Waals surface area contributed by atoms with Crippen molar-refractivity contribution in [2.45, 2.75) is 11.3 Å². The van der Waals surface area contributed by atoms with Gasteiger partial charge in [-0.25, -0.2) is 4.79 Å². The van der Waals surface area contributed by atoms with Gasteiger partial charge in [-0.3, -0.25) is 0 Å². The van der Waals surface area contributed by atoms with Gasteiger partial charge < -0.3 is 9.84 Å². The lowest BCUT2D eigenvalue weighted by Gasteiger charge is -2.24. The molecule has 0 amide bonds. The van der Waals surface area contributed by atoms with Crippen LogP contribution >= 0.6 is 11.6 Å². The fourth-order valence-corrected chi connectivity index (χ4v) is 2.30. The molecule has 120 valence electrons. The van der Waals surface area contributed by atoms with Gasteiger partial charge in [0, 0.05) is 6.08 Å². The first-order valence-corrected chi connectivity index (χ1v) is 7.73. The Morgan fingerprint density at radius 1 is 1.09 bits per heavy atom. The largest absolute Gasteiger partial charge is 0.461 e. The molecule has 0 spiro atoms. The van der Waals surface area contributed by atoms with Crippen molar-refractivity contribution in [2.75, 3.05) is 13.2 Å². The number of aliphatic hydroxyl groups excluding tert-OH is 1. The number of rotatable bonds is 7. The topological polar surface area (TPSA) is 46.5 Å². The average molecular weight is 331 g/mol. The second-order valence-corrected chi connectivity index (χ2v) is 6.12. The summed E-state index contributed by atoms with van der Waals surface area (Å²) < 4.78 is 5.17. The van der Waals surface area contributed by atoms with Crippen LogP contribution in [0.2, 0.25) is 0 Å². The van der Waals surface area contributed by atoms with Crippen molar-refractivity contribution in [3.05, 3.63) is 77.9 Å². The standard InChI is InChI=1S/C19H19ClO3/c20-19(14-21,13-17-9-5-2-6-10-17)15-23-18(22)12-11-16-7-3-1-4-8-16/h1-12,21H,13-15H2/b12-11+/t19-/m1/s1. The summed E-state index contributed by atoms with van der Waals surface area (Å²) in [5.41, 5.74) is 1.89. The zero-order valence-electron chi connectivity index (χ0n) is 12.7. The van der Waals surface area contributed by atoms with E-state index in [1.165, 1.54) is 6.08 Å². The normalized spacial score (nSPS) is 13.7. The Balaban J connectivity index is 1.89. The Morgan fingerprint density at radius 3 is 2.30 bits per heavy atom. The highest BCUT2D eigenvalue weighted by Crippen LogP contribution is 2.21. The van der Waals surface area contributed by atoms with E-state index in [9.17, 15) is 9.90 Å². The smallest absolute Gasteiger partial charge is 0.330 e. The van der Waals surface area contributed by atoms with Crippen molar-refractivity contribution in [2.24, 2.45) is 0 Å². The van der Waals surface area contributed by atoms with E-state index in [2.05, 4.69) is 0 Å². The summed E-state index contributed by atoms with van der Waals surface area (Å²) >= 11 is 6.37. The van der Waals surface area contributed by atoms with Crippen molar-refractivity contribution in [1.29, 1.82) is 0 Å². The van der Waals surface area contributed by atoms with Crippen LogP contribution in [-0.2, 0) is 16.0 Å². The van der Waals surface area contributed by atoms with Gasteiger partial charge in [-0.05, 0) is 23.6 Å². The number of benzene rings is 2. The summed E-state index contributed by atoms with van der Waals surface area (Å²) in [6.45, 7) is -0.336. The molecule has 0 aliphatic heterocycles. The third-order valence-electron chi connectivity index (χ3n) is 3.33. The van der Waals surface area contributed by atoms with Crippen LogP contribution in [0, 0.1) is 0 Å². The number of hydrogen-bond acceptors (Lipinski definition) is 3. The second-order valence-electron chi connectivity index (χ2n) is 5.32. The summed E-state index contributed by atoms with van der Waals surface area (Å²) in [7, 11) is 0. The molecule has 0 unspecified atom stereocenters. The van der Waals surface area contributed by atoms with Gasteiger partial charge in [0.15, 0.2) is 0 Å². The maximum Gasteiger partial charge on any atom is 0.330 e. The highest BCUT2D eigenvalue weighted by molar-refractivity contribution is 6.24. The van der Waals surface area contributed by atoms with E-state index in [1.54, 1.807) is 6.08 Å². The molecule has 4 heteroatoms. The number of ether oxygens (including phenoxy) is 1. The van der Waals surface area contributed by atoms with Crippen LogP contribution in [-0.4, -0.2) is 29.2 Å². The van der Waals surface area contributed by atoms with Crippen molar-refractivity contribution in [1.82, 2.24) is 0 Å². The Kier molecular flexibility index (Phi) is 6.39. The predicted molar refractivity (Wildman–Crippen MR) is 92.3 cm³/mol. The fourth-order valence-electron chi connectivity index (χ4n) is 2.09. The molecule has 2 aromatic rings. The van der Waals surface area contributed by atoms with E-state index >= 15 is 0 Å². The molecule has 0 fully saturated rings. The van der Waals surface area contributed by atoms with Crippen LogP contribution in [0.4, 0.5) is 0 Å². The van der Waals surface area contributed by atoms with Crippen LogP contribution in [0.25, 0.3) is 6.08 Å². The van der Waals surface area contributed by atoms with Gasteiger partial charge in [-0.2, -0.15) is 0 Å². The first-order valence-electron chi connectivity index (χ1n) is 7.35. The molecular formula is C19H19ClO3. The van der Waals surface area contributed by atoms with E-state index in [1.807, 2.05) is 60.7 Å². The van der Waals surface area contributed by atoms with E-state index in [4.69, 9.17) is 16.3 Å². The summed E-state index contributed by atoms with van der Waals surface area (Å²) in [5, 5.41) is 9.53. The van der Waals surface area contributed by atoms with E-state index in [0.717, 1.165) is 11.1 Å². The van der Waals surface area contributed by atoms with Crippen LogP contribution in [0.3, 0.4) is 0 Å². The van der Waals surface area contributed by atoms with Gasteiger partial charge in [0.05, 0.1) is 6.61 Å². The van der Waals surface area contributed by atoms with Crippen LogP contribution < -0.4 is 0 Å². The molecular weight excluding hydrogens is 312 g/mol. The van der Waals surface area contributed by atoms with Crippen LogP contribution in [0.15, 0.2) is 66.7 Å². The lowest BCUT2D eigenvalue weighted by atomic mass is 10.00. The van der Waals surface area contributed by atoms with E-state index < -0.39 is 10.8 Å². The van der Waals surface area contributed by atoms with Crippen molar-refractivity contribution in [3.63, 3.8) is 0 Å². The number of aliphatic hydroxyl groups is 1. The minimum absolute atomic E-state index is 0.0576. The molecule has 0 aromatic heterocycles. The molecule has 0 saturated carbocycles. The third-order valence-corrected chi connectivity index (χ3v) is 3.69. The zero-order chi connectivity index (χ0) is 16.5. The maximum atomic E-state index is 11.8. The number of carbonyl (C=O) groups is 1.